The van der Waals surface area contributed by atoms with E-state index in [-0.39, 0.29) is 0 Å². The van der Waals surface area contributed by atoms with Crippen LogP contribution >= 0.6 is 0 Å². The van der Waals surface area contributed by atoms with Gasteiger partial charge in [-0.05, 0) is 18.2 Å². The molecule has 8 nitrogen and oxygen atoms in total. The molecule has 0 saturated heterocycles. The molecule has 0 radical (unpaired) electrons. The number of hydrogen-bond donors (Lipinski definition) is 1. The summed E-state index contributed by atoms with van der Waals surface area (Å²) in [5.41, 5.74) is 4.58. The number of aromatic amines is 1. The van der Waals surface area contributed by atoms with E-state index in [1.54, 1.807) is 25.7 Å². The van der Waals surface area contributed by atoms with Gasteiger partial charge < -0.3 is 9.64 Å². The second-order valence-corrected chi connectivity index (χ2v) is 6.01. The van der Waals surface area contributed by atoms with Gasteiger partial charge in [0.15, 0.2) is 5.65 Å². The largest absolute Gasteiger partial charge is 0.378 e. The van der Waals surface area contributed by atoms with Crippen LogP contribution in [-0.4, -0.2) is 43.9 Å². The summed E-state index contributed by atoms with van der Waals surface area (Å²) in [6.07, 6.45) is 5.29. The Kier molecular flexibility index (Phi) is 4.32. The quantitative estimate of drug-likeness (QED) is 0.575. The van der Waals surface area contributed by atoms with Crippen LogP contribution in [0.5, 0.6) is 0 Å². The molecule has 26 heavy (non-hydrogen) atoms. The molecule has 0 aliphatic rings. The second kappa shape index (κ2) is 6.93. The number of hydrogen-bond acceptors (Lipinski definition) is 6. The van der Waals surface area contributed by atoms with E-state index in [4.69, 9.17) is 9.72 Å². The van der Waals surface area contributed by atoms with Crippen LogP contribution in [0.15, 0.2) is 48.9 Å². The number of anilines is 1. The lowest BCUT2D eigenvalue weighted by atomic mass is 10.2. The number of methoxy groups -OCH3 is 1. The fourth-order valence-electron chi connectivity index (χ4n) is 2.89. The van der Waals surface area contributed by atoms with Crippen molar-refractivity contribution in [3.8, 4) is 11.3 Å². The van der Waals surface area contributed by atoms with Gasteiger partial charge in [0.2, 0.25) is 0 Å². The molecule has 0 atom stereocenters. The van der Waals surface area contributed by atoms with Gasteiger partial charge in [-0.1, -0.05) is 0 Å². The topological polar surface area (TPSA) is 84.2 Å². The van der Waals surface area contributed by atoms with E-state index in [9.17, 15) is 0 Å². The molecule has 0 saturated carbocycles. The summed E-state index contributed by atoms with van der Waals surface area (Å²) in [5, 5.41) is 11.7. The van der Waals surface area contributed by atoms with Crippen molar-refractivity contribution in [3.05, 3.63) is 60.3 Å². The van der Waals surface area contributed by atoms with Gasteiger partial charge in [-0.3, -0.25) is 10.1 Å². The molecule has 132 valence electrons. The highest BCUT2D eigenvalue weighted by Gasteiger charge is 2.13. The first-order valence-electron chi connectivity index (χ1n) is 8.23. The average molecular weight is 349 g/mol. The molecule has 4 aromatic rings. The molecule has 4 rings (SSSR count). The lowest BCUT2D eigenvalue weighted by Gasteiger charge is -2.20. The van der Waals surface area contributed by atoms with Crippen LogP contribution in [0.1, 0.15) is 11.4 Å². The van der Waals surface area contributed by atoms with Gasteiger partial charge in [-0.15, -0.1) is 0 Å². The Labute approximate surface area is 150 Å². The van der Waals surface area contributed by atoms with E-state index >= 15 is 0 Å². The normalized spacial score (nSPS) is 11.2. The highest BCUT2D eigenvalue weighted by atomic mass is 16.5. The first kappa shape index (κ1) is 16.2. The summed E-state index contributed by atoms with van der Waals surface area (Å²) in [4.78, 5) is 10.9. The number of fused-ring (bicyclic) bond motifs is 1. The maximum Gasteiger partial charge on any atom is 0.157 e. The molecule has 0 aliphatic carbocycles. The molecule has 0 aromatic carbocycles. The van der Waals surface area contributed by atoms with Gasteiger partial charge in [-0.2, -0.15) is 14.7 Å². The van der Waals surface area contributed by atoms with Crippen molar-refractivity contribution in [2.24, 2.45) is 0 Å². The van der Waals surface area contributed by atoms with Crippen molar-refractivity contribution in [3.63, 3.8) is 0 Å². The SMILES string of the molecule is COCc1cc(CN(C)c2cc(-c3ccncc3)nc3ccnn23)[nH]n1. The third-order valence-corrected chi connectivity index (χ3v) is 4.09. The van der Waals surface area contributed by atoms with Gasteiger partial charge in [0.1, 0.15) is 5.82 Å². The van der Waals surface area contributed by atoms with Gasteiger partial charge >= 0.3 is 0 Å². The Bertz CT molecular complexity index is 1010. The Balaban J connectivity index is 1.68. The van der Waals surface area contributed by atoms with Gasteiger partial charge in [0.25, 0.3) is 0 Å². The highest BCUT2D eigenvalue weighted by molar-refractivity contribution is 5.66. The lowest BCUT2D eigenvalue weighted by Crippen LogP contribution is -2.20. The third kappa shape index (κ3) is 3.14. The van der Waals surface area contributed by atoms with Gasteiger partial charge in [0.05, 0.1) is 36.4 Å². The minimum Gasteiger partial charge on any atom is -0.378 e. The zero-order chi connectivity index (χ0) is 17.9. The van der Waals surface area contributed by atoms with Crippen LogP contribution in [0.3, 0.4) is 0 Å². The number of nitrogens with one attached hydrogen (secondary N) is 1. The number of ether oxygens (including phenoxy) is 1. The summed E-state index contributed by atoms with van der Waals surface area (Å²) in [6, 6.07) is 9.83. The predicted molar refractivity (Wildman–Crippen MR) is 97.6 cm³/mol. The van der Waals surface area contributed by atoms with Crippen LogP contribution in [0, 0.1) is 0 Å². The third-order valence-electron chi connectivity index (χ3n) is 4.09. The summed E-state index contributed by atoms with van der Waals surface area (Å²) in [5.74, 6) is 0.940. The Morgan fingerprint density at radius 3 is 2.81 bits per heavy atom. The Hall–Kier alpha value is -3.26. The van der Waals surface area contributed by atoms with Crippen LogP contribution in [0.2, 0.25) is 0 Å². The monoisotopic (exact) mass is 349 g/mol. The van der Waals surface area contributed by atoms with E-state index in [1.165, 1.54) is 0 Å². The van der Waals surface area contributed by atoms with Crippen LogP contribution in [-0.2, 0) is 17.9 Å². The van der Waals surface area contributed by atoms with E-state index in [1.807, 2.05) is 41.9 Å². The van der Waals surface area contributed by atoms with Crippen LogP contribution in [0.4, 0.5) is 5.82 Å². The van der Waals surface area contributed by atoms with Crippen LogP contribution in [0.25, 0.3) is 16.9 Å². The molecule has 1 N–H and O–H groups in total. The number of rotatable bonds is 6. The van der Waals surface area contributed by atoms with Crippen LogP contribution < -0.4 is 4.90 Å². The molecular weight excluding hydrogens is 330 g/mol. The summed E-state index contributed by atoms with van der Waals surface area (Å²) in [6.45, 7) is 1.15. The summed E-state index contributed by atoms with van der Waals surface area (Å²) >= 11 is 0. The van der Waals surface area contributed by atoms with Crippen molar-refractivity contribution >= 4 is 11.5 Å². The summed E-state index contributed by atoms with van der Waals surface area (Å²) in [7, 11) is 3.68. The van der Waals surface area contributed by atoms with Crippen molar-refractivity contribution in [2.75, 3.05) is 19.1 Å². The lowest BCUT2D eigenvalue weighted by molar-refractivity contribution is 0.181. The maximum absolute atomic E-state index is 5.12. The van der Waals surface area contributed by atoms with Gasteiger partial charge in [0, 0.05) is 44.2 Å². The minimum atomic E-state index is 0.491. The van der Waals surface area contributed by atoms with Gasteiger partial charge in [-0.25, -0.2) is 4.98 Å². The molecule has 4 aromatic heterocycles. The molecule has 0 spiro atoms. The van der Waals surface area contributed by atoms with Crippen molar-refractivity contribution in [2.45, 2.75) is 13.2 Å². The average Bonchev–Trinajstić information content (AvgIpc) is 3.31. The Morgan fingerprint density at radius 1 is 1.15 bits per heavy atom. The summed E-state index contributed by atoms with van der Waals surface area (Å²) < 4.78 is 6.95. The predicted octanol–water partition coefficient (Wildman–Crippen LogP) is 2.30. The van der Waals surface area contributed by atoms with E-state index in [0.717, 1.165) is 34.1 Å². The fraction of sp³-hybridized carbons (Fsp3) is 0.222. The molecule has 4 heterocycles. The first-order valence-corrected chi connectivity index (χ1v) is 8.23. The number of aromatic nitrogens is 6. The number of nitrogens with zero attached hydrogens (tertiary/aromatic N) is 6. The molecule has 0 unspecified atom stereocenters. The molecular formula is C18H19N7O. The Morgan fingerprint density at radius 2 is 2.00 bits per heavy atom. The second-order valence-electron chi connectivity index (χ2n) is 6.01. The molecule has 0 bridgehead atoms. The fourth-order valence-corrected chi connectivity index (χ4v) is 2.89. The standard InChI is InChI=1S/C18H19N7O/c1-24(11-14-9-15(12-26-2)23-22-14)18-10-16(13-3-6-19-7-4-13)21-17-5-8-20-25(17)18/h3-10H,11-12H2,1-2H3,(H,22,23). The molecule has 8 heteroatoms. The van der Waals surface area contributed by atoms with E-state index < -0.39 is 0 Å². The number of H-pyrrole nitrogens is 1. The van der Waals surface area contributed by atoms with Crippen molar-refractivity contribution < 1.29 is 4.74 Å². The minimum absolute atomic E-state index is 0.491. The molecule has 0 amide bonds. The number of pyridine rings is 1. The van der Waals surface area contributed by atoms with E-state index in [0.29, 0.717) is 13.2 Å². The van der Waals surface area contributed by atoms with Crippen molar-refractivity contribution in [1.82, 2.24) is 29.8 Å². The van der Waals surface area contributed by atoms with E-state index in [2.05, 4.69) is 25.2 Å². The molecule has 0 fully saturated rings. The highest BCUT2D eigenvalue weighted by Crippen LogP contribution is 2.24. The zero-order valence-electron chi connectivity index (χ0n) is 14.6. The smallest absolute Gasteiger partial charge is 0.157 e. The van der Waals surface area contributed by atoms with Crippen molar-refractivity contribution in [1.29, 1.82) is 0 Å². The maximum atomic E-state index is 5.12. The zero-order valence-corrected chi connectivity index (χ0v) is 14.6. The first-order chi connectivity index (χ1) is 12.7. The molecule has 0 aliphatic heterocycles.